The van der Waals surface area contributed by atoms with Crippen molar-refractivity contribution in [1.29, 1.82) is 0 Å². The molecule has 1 amide bonds. The van der Waals surface area contributed by atoms with Crippen LogP contribution in [0.25, 0.3) is 0 Å². The van der Waals surface area contributed by atoms with Crippen molar-refractivity contribution in [3.63, 3.8) is 0 Å². The Morgan fingerprint density at radius 1 is 1.00 bits per heavy atom. The van der Waals surface area contributed by atoms with Gasteiger partial charge in [0.15, 0.2) is 0 Å². The molecular formula is C20H26N2O. The van der Waals surface area contributed by atoms with Crippen LogP contribution in [0.1, 0.15) is 31.4 Å². The van der Waals surface area contributed by atoms with E-state index < -0.39 is 0 Å². The van der Waals surface area contributed by atoms with Crippen LogP contribution in [0.2, 0.25) is 0 Å². The van der Waals surface area contributed by atoms with E-state index in [4.69, 9.17) is 0 Å². The number of benzene rings is 2. The van der Waals surface area contributed by atoms with Gasteiger partial charge in [0.25, 0.3) is 0 Å². The molecule has 122 valence electrons. The van der Waals surface area contributed by atoms with E-state index in [-0.39, 0.29) is 11.9 Å². The summed E-state index contributed by atoms with van der Waals surface area (Å²) in [7, 11) is 0. The summed E-state index contributed by atoms with van der Waals surface area (Å²) in [6.07, 6.45) is 0.763. The monoisotopic (exact) mass is 310 g/mol. The maximum Gasteiger partial charge on any atom is 0.247 e. The summed E-state index contributed by atoms with van der Waals surface area (Å²) < 4.78 is 0. The van der Waals surface area contributed by atoms with Gasteiger partial charge in [-0.3, -0.25) is 4.79 Å². The second-order valence-corrected chi connectivity index (χ2v) is 5.80. The quantitative estimate of drug-likeness (QED) is 0.849. The lowest BCUT2D eigenvalue weighted by molar-refractivity contribution is -0.117. The van der Waals surface area contributed by atoms with Gasteiger partial charge in [0.05, 0.1) is 0 Å². The number of para-hydroxylation sites is 2. The molecule has 0 aliphatic carbocycles. The Balaban J connectivity index is 2.24. The van der Waals surface area contributed by atoms with E-state index in [0.717, 1.165) is 35.5 Å². The molecule has 3 nitrogen and oxygen atoms in total. The number of nitrogens with one attached hydrogen (secondary N) is 1. The molecule has 0 saturated heterocycles. The standard InChI is InChI=1S/C20H26N2O/c1-5-18(22(6-2)17-13-8-7-9-14-17)20(23)21-19-15(3)11-10-12-16(19)4/h7-14,18H,5-6H2,1-4H3,(H,21,23). The van der Waals surface area contributed by atoms with Crippen LogP contribution in [0.4, 0.5) is 11.4 Å². The first-order valence-electron chi connectivity index (χ1n) is 8.27. The zero-order valence-electron chi connectivity index (χ0n) is 14.5. The van der Waals surface area contributed by atoms with E-state index >= 15 is 0 Å². The molecule has 2 aromatic carbocycles. The molecule has 1 atom stereocenters. The first-order chi connectivity index (χ1) is 11.1. The van der Waals surface area contributed by atoms with Crippen LogP contribution in [-0.4, -0.2) is 18.5 Å². The van der Waals surface area contributed by atoms with Gasteiger partial charge in [0, 0.05) is 17.9 Å². The molecule has 0 aromatic heterocycles. The molecule has 0 saturated carbocycles. The van der Waals surface area contributed by atoms with Crippen LogP contribution in [-0.2, 0) is 4.79 Å². The molecule has 1 N–H and O–H groups in total. The van der Waals surface area contributed by atoms with Crippen LogP contribution in [0.15, 0.2) is 48.5 Å². The minimum absolute atomic E-state index is 0.0515. The number of rotatable bonds is 6. The van der Waals surface area contributed by atoms with Gasteiger partial charge in [-0.2, -0.15) is 0 Å². The maximum atomic E-state index is 12.9. The topological polar surface area (TPSA) is 32.3 Å². The highest BCUT2D eigenvalue weighted by Crippen LogP contribution is 2.22. The molecule has 2 aromatic rings. The Hall–Kier alpha value is -2.29. The van der Waals surface area contributed by atoms with Crippen molar-refractivity contribution in [2.24, 2.45) is 0 Å². The minimum atomic E-state index is -0.179. The Morgan fingerprint density at radius 2 is 1.61 bits per heavy atom. The first kappa shape index (κ1) is 17.1. The highest BCUT2D eigenvalue weighted by Gasteiger charge is 2.24. The Labute approximate surface area is 139 Å². The highest BCUT2D eigenvalue weighted by molar-refractivity contribution is 5.98. The first-order valence-corrected chi connectivity index (χ1v) is 8.27. The van der Waals surface area contributed by atoms with Gasteiger partial charge >= 0.3 is 0 Å². The second-order valence-electron chi connectivity index (χ2n) is 5.80. The fraction of sp³-hybridized carbons (Fsp3) is 0.350. The molecule has 0 heterocycles. The molecular weight excluding hydrogens is 284 g/mol. The molecule has 23 heavy (non-hydrogen) atoms. The normalized spacial score (nSPS) is 11.8. The zero-order chi connectivity index (χ0) is 16.8. The van der Waals surface area contributed by atoms with Crippen LogP contribution >= 0.6 is 0 Å². The predicted octanol–water partition coefficient (Wildman–Crippen LogP) is 4.55. The third-order valence-electron chi connectivity index (χ3n) is 4.22. The number of aryl methyl sites for hydroxylation is 2. The van der Waals surface area contributed by atoms with Crippen molar-refractivity contribution in [2.75, 3.05) is 16.8 Å². The molecule has 0 bridgehead atoms. The maximum absolute atomic E-state index is 12.9. The van der Waals surface area contributed by atoms with Crippen molar-refractivity contribution in [2.45, 2.75) is 40.2 Å². The van der Waals surface area contributed by atoms with E-state index in [1.165, 1.54) is 0 Å². The summed E-state index contributed by atoms with van der Waals surface area (Å²) in [4.78, 5) is 15.0. The smallest absolute Gasteiger partial charge is 0.247 e. The van der Waals surface area contributed by atoms with Crippen LogP contribution in [0.3, 0.4) is 0 Å². The van der Waals surface area contributed by atoms with Crippen molar-refractivity contribution in [1.82, 2.24) is 0 Å². The number of hydrogen-bond donors (Lipinski definition) is 1. The van der Waals surface area contributed by atoms with E-state index in [0.29, 0.717) is 0 Å². The molecule has 2 rings (SSSR count). The van der Waals surface area contributed by atoms with E-state index in [2.05, 4.69) is 36.2 Å². The highest BCUT2D eigenvalue weighted by atomic mass is 16.2. The molecule has 0 aliphatic heterocycles. The van der Waals surface area contributed by atoms with Crippen LogP contribution in [0, 0.1) is 13.8 Å². The summed E-state index contributed by atoms with van der Waals surface area (Å²) >= 11 is 0. The minimum Gasteiger partial charge on any atom is -0.360 e. The largest absolute Gasteiger partial charge is 0.360 e. The van der Waals surface area contributed by atoms with Crippen molar-refractivity contribution in [3.05, 3.63) is 59.7 Å². The number of hydrogen-bond acceptors (Lipinski definition) is 2. The molecule has 0 spiro atoms. The van der Waals surface area contributed by atoms with E-state index in [1.807, 2.05) is 50.2 Å². The third-order valence-corrected chi connectivity index (χ3v) is 4.22. The predicted molar refractivity (Wildman–Crippen MR) is 98.1 cm³/mol. The van der Waals surface area contributed by atoms with Crippen molar-refractivity contribution in [3.8, 4) is 0 Å². The number of nitrogens with zero attached hydrogens (tertiary/aromatic N) is 1. The fourth-order valence-corrected chi connectivity index (χ4v) is 2.97. The molecule has 1 unspecified atom stereocenters. The SMILES string of the molecule is CCC(C(=O)Nc1c(C)cccc1C)N(CC)c1ccccc1. The van der Waals surface area contributed by atoms with E-state index in [1.54, 1.807) is 0 Å². The lowest BCUT2D eigenvalue weighted by atomic mass is 10.1. The van der Waals surface area contributed by atoms with Gasteiger partial charge in [-0.1, -0.05) is 43.3 Å². The number of amides is 1. The van der Waals surface area contributed by atoms with Gasteiger partial charge < -0.3 is 10.2 Å². The third kappa shape index (κ3) is 3.92. The van der Waals surface area contributed by atoms with Crippen LogP contribution in [0.5, 0.6) is 0 Å². The number of carbonyl (C=O) groups is 1. The summed E-state index contributed by atoms with van der Waals surface area (Å²) in [6, 6.07) is 16.0. The van der Waals surface area contributed by atoms with Gasteiger partial charge in [0.2, 0.25) is 5.91 Å². The zero-order valence-corrected chi connectivity index (χ0v) is 14.5. The molecule has 0 fully saturated rings. The lowest BCUT2D eigenvalue weighted by Gasteiger charge is -2.31. The Morgan fingerprint density at radius 3 is 2.13 bits per heavy atom. The molecule has 0 aliphatic rings. The number of anilines is 2. The van der Waals surface area contributed by atoms with Gasteiger partial charge in [-0.05, 0) is 50.5 Å². The molecule has 3 heteroatoms. The Kier molecular flexibility index (Phi) is 5.80. The van der Waals surface area contributed by atoms with Crippen molar-refractivity contribution < 1.29 is 4.79 Å². The van der Waals surface area contributed by atoms with Gasteiger partial charge in [0.1, 0.15) is 6.04 Å². The number of carbonyl (C=O) groups excluding carboxylic acids is 1. The summed E-state index contributed by atoms with van der Waals surface area (Å²) in [6.45, 7) is 8.99. The second kappa shape index (κ2) is 7.82. The molecule has 0 radical (unpaired) electrons. The summed E-state index contributed by atoms with van der Waals surface area (Å²) in [5, 5.41) is 3.13. The van der Waals surface area contributed by atoms with Crippen molar-refractivity contribution >= 4 is 17.3 Å². The van der Waals surface area contributed by atoms with Crippen LogP contribution < -0.4 is 10.2 Å². The average molecular weight is 310 g/mol. The summed E-state index contributed by atoms with van der Waals surface area (Å²) in [5.74, 6) is 0.0515. The fourth-order valence-electron chi connectivity index (χ4n) is 2.97. The Bertz CT molecular complexity index is 632. The van der Waals surface area contributed by atoms with Gasteiger partial charge in [-0.15, -0.1) is 0 Å². The number of likely N-dealkylation sites (N-methyl/N-ethyl adjacent to an activating group) is 1. The lowest BCUT2D eigenvalue weighted by Crippen LogP contribution is -2.44. The average Bonchev–Trinajstić information content (AvgIpc) is 2.56. The van der Waals surface area contributed by atoms with Gasteiger partial charge in [-0.25, -0.2) is 0 Å². The summed E-state index contributed by atoms with van der Waals surface area (Å²) in [5.41, 5.74) is 4.20. The van der Waals surface area contributed by atoms with E-state index in [9.17, 15) is 4.79 Å².